The van der Waals surface area contributed by atoms with Crippen LogP contribution in [0.4, 0.5) is 5.69 Å². The van der Waals surface area contributed by atoms with Crippen molar-refractivity contribution in [1.29, 1.82) is 0 Å². The number of likely N-dealkylation sites (N-methyl/N-ethyl adjacent to an activating group) is 2. The molecule has 1 atom stereocenters. The lowest BCUT2D eigenvalue weighted by Crippen LogP contribution is -2.41. The maximum absolute atomic E-state index is 12.7. The quantitative estimate of drug-likeness (QED) is 0.838. The molecule has 0 saturated carbocycles. The van der Waals surface area contributed by atoms with E-state index < -0.39 is 10.0 Å². The van der Waals surface area contributed by atoms with E-state index in [1.807, 2.05) is 0 Å². The van der Waals surface area contributed by atoms with Crippen molar-refractivity contribution >= 4 is 27.3 Å². The van der Waals surface area contributed by atoms with Crippen LogP contribution in [0.5, 0.6) is 0 Å². The van der Waals surface area contributed by atoms with Crippen molar-refractivity contribution in [3.8, 4) is 0 Å². The molecular weight excluding hydrogens is 310 g/mol. The average Bonchev–Trinajstić information content (AvgIpc) is 2.88. The summed E-state index contributed by atoms with van der Waals surface area (Å²) >= 11 is 6.03. The van der Waals surface area contributed by atoms with Crippen LogP contribution in [0.15, 0.2) is 23.1 Å². The first-order valence-electron chi connectivity index (χ1n) is 7.11. The number of hydrogen-bond acceptors (Lipinski definition) is 4. The van der Waals surface area contributed by atoms with Gasteiger partial charge in [0.25, 0.3) is 0 Å². The van der Waals surface area contributed by atoms with Gasteiger partial charge in [-0.3, -0.25) is 4.90 Å². The molecule has 2 N–H and O–H groups in total. The van der Waals surface area contributed by atoms with Gasteiger partial charge in [0.15, 0.2) is 0 Å². The lowest BCUT2D eigenvalue weighted by Gasteiger charge is -2.27. The maximum Gasteiger partial charge on any atom is 0.244 e. The van der Waals surface area contributed by atoms with Crippen LogP contribution in [0.1, 0.15) is 19.8 Å². The summed E-state index contributed by atoms with van der Waals surface area (Å²) in [4.78, 5) is 2.39. The van der Waals surface area contributed by atoms with Gasteiger partial charge in [0.05, 0.1) is 5.02 Å². The van der Waals surface area contributed by atoms with Crippen LogP contribution in [0.25, 0.3) is 0 Å². The van der Waals surface area contributed by atoms with E-state index >= 15 is 0 Å². The van der Waals surface area contributed by atoms with E-state index in [0.717, 1.165) is 25.9 Å². The van der Waals surface area contributed by atoms with Crippen molar-refractivity contribution < 1.29 is 8.42 Å². The Morgan fingerprint density at radius 3 is 2.86 bits per heavy atom. The first-order valence-corrected chi connectivity index (χ1v) is 8.93. The lowest BCUT2D eigenvalue weighted by molar-refractivity contribution is 0.237. The van der Waals surface area contributed by atoms with Gasteiger partial charge < -0.3 is 5.73 Å². The third-order valence-electron chi connectivity index (χ3n) is 4.02. The Balaban J connectivity index is 2.20. The summed E-state index contributed by atoms with van der Waals surface area (Å²) in [6.07, 6.45) is 2.14. The van der Waals surface area contributed by atoms with Crippen molar-refractivity contribution in [3.63, 3.8) is 0 Å². The van der Waals surface area contributed by atoms with Gasteiger partial charge in [-0.2, -0.15) is 4.31 Å². The zero-order chi connectivity index (χ0) is 15.6. The molecule has 21 heavy (non-hydrogen) atoms. The van der Waals surface area contributed by atoms with E-state index in [1.165, 1.54) is 16.4 Å². The van der Waals surface area contributed by atoms with Crippen LogP contribution < -0.4 is 5.73 Å². The monoisotopic (exact) mass is 331 g/mol. The Bertz CT molecular complexity index is 606. The van der Waals surface area contributed by atoms with Gasteiger partial charge in [0.2, 0.25) is 10.0 Å². The summed E-state index contributed by atoms with van der Waals surface area (Å²) < 4.78 is 26.7. The smallest absolute Gasteiger partial charge is 0.244 e. The average molecular weight is 332 g/mol. The molecule has 5 nitrogen and oxygen atoms in total. The summed E-state index contributed by atoms with van der Waals surface area (Å²) in [5.74, 6) is 0. The third-order valence-corrected chi connectivity index (χ3v) is 6.32. The van der Waals surface area contributed by atoms with Crippen molar-refractivity contribution in [2.45, 2.75) is 30.7 Å². The predicted octanol–water partition coefficient (Wildman–Crippen LogP) is 2.03. The first kappa shape index (κ1) is 16.5. The van der Waals surface area contributed by atoms with Crippen LogP contribution in [-0.4, -0.2) is 50.3 Å². The maximum atomic E-state index is 12.7. The second-order valence-electron chi connectivity index (χ2n) is 5.40. The normalized spacial score (nSPS) is 20.3. The number of halogens is 1. The number of hydrogen-bond donors (Lipinski definition) is 1. The van der Waals surface area contributed by atoms with Gasteiger partial charge in [-0.1, -0.05) is 18.5 Å². The second kappa shape index (κ2) is 6.52. The molecule has 118 valence electrons. The highest BCUT2D eigenvalue weighted by Crippen LogP contribution is 2.27. The number of nitrogens with two attached hydrogens (primary N) is 1. The molecule has 0 aliphatic carbocycles. The number of nitrogens with zero attached hydrogens (tertiary/aromatic N) is 2. The molecule has 1 aromatic carbocycles. The topological polar surface area (TPSA) is 66.6 Å². The third kappa shape index (κ3) is 3.51. The van der Waals surface area contributed by atoms with Gasteiger partial charge in [0.1, 0.15) is 4.90 Å². The molecule has 1 aliphatic rings. The molecule has 1 aliphatic heterocycles. The number of rotatable bonds is 5. The van der Waals surface area contributed by atoms with Gasteiger partial charge in [-0.25, -0.2) is 8.42 Å². The molecule has 1 aromatic rings. The number of likely N-dealkylation sites (tertiary alicyclic amines) is 1. The Morgan fingerprint density at radius 2 is 2.19 bits per heavy atom. The minimum absolute atomic E-state index is 0.0766. The van der Waals surface area contributed by atoms with Gasteiger partial charge in [-0.15, -0.1) is 0 Å². The molecule has 1 unspecified atom stereocenters. The molecule has 2 rings (SSSR count). The molecule has 0 aromatic heterocycles. The highest BCUT2D eigenvalue weighted by atomic mass is 35.5. The highest BCUT2D eigenvalue weighted by Gasteiger charge is 2.30. The number of sulfonamides is 1. The van der Waals surface area contributed by atoms with Crippen LogP contribution in [0, 0.1) is 0 Å². The molecule has 0 spiro atoms. The van der Waals surface area contributed by atoms with Crippen molar-refractivity contribution in [3.05, 3.63) is 23.2 Å². The van der Waals surface area contributed by atoms with E-state index in [-0.39, 0.29) is 16.0 Å². The molecule has 0 amide bonds. The Hall–Kier alpha value is -0.820. The fraction of sp³-hybridized carbons (Fsp3) is 0.571. The minimum atomic E-state index is -3.62. The summed E-state index contributed by atoms with van der Waals surface area (Å²) in [6.45, 7) is 4.55. The standard InChI is InChI=1S/C14H22ClN3O2S/c1-3-18-8-4-5-12(18)10-17(2)21(19,20)14-9-11(16)6-7-13(14)15/h6-7,9,12H,3-5,8,10,16H2,1-2H3. The zero-order valence-corrected chi connectivity index (χ0v) is 14.0. The predicted molar refractivity (Wildman–Crippen MR) is 85.9 cm³/mol. The Morgan fingerprint density at radius 1 is 1.48 bits per heavy atom. The molecule has 0 radical (unpaired) electrons. The minimum Gasteiger partial charge on any atom is -0.399 e. The first-order chi connectivity index (χ1) is 9.86. The molecule has 1 fully saturated rings. The zero-order valence-electron chi connectivity index (χ0n) is 12.4. The van der Waals surface area contributed by atoms with Crippen molar-refractivity contribution in [1.82, 2.24) is 9.21 Å². The van der Waals surface area contributed by atoms with Crippen LogP contribution in [0.2, 0.25) is 5.02 Å². The van der Waals surface area contributed by atoms with Crippen molar-refractivity contribution in [2.75, 3.05) is 32.4 Å². The summed E-state index contributed by atoms with van der Waals surface area (Å²) in [7, 11) is -2.02. The Labute approximate surface area is 131 Å². The largest absolute Gasteiger partial charge is 0.399 e. The van der Waals surface area contributed by atoms with Crippen LogP contribution in [-0.2, 0) is 10.0 Å². The second-order valence-corrected chi connectivity index (χ2v) is 7.82. The van der Waals surface area contributed by atoms with Gasteiger partial charge in [0, 0.05) is 25.3 Å². The molecule has 0 bridgehead atoms. The van der Waals surface area contributed by atoms with Crippen LogP contribution in [0.3, 0.4) is 0 Å². The summed E-state index contributed by atoms with van der Waals surface area (Å²) in [6, 6.07) is 4.80. The van der Waals surface area contributed by atoms with E-state index in [9.17, 15) is 8.42 Å². The fourth-order valence-electron chi connectivity index (χ4n) is 2.80. The van der Waals surface area contributed by atoms with Crippen molar-refractivity contribution in [2.24, 2.45) is 0 Å². The van der Waals surface area contributed by atoms with E-state index in [0.29, 0.717) is 12.2 Å². The van der Waals surface area contributed by atoms with Gasteiger partial charge >= 0.3 is 0 Å². The fourth-order valence-corrected chi connectivity index (χ4v) is 4.51. The lowest BCUT2D eigenvalue weighted by atomic mass is 10.2. The number of benzene rings is 1. The summed E-state index contributed by atoms with van der Waals surface area (Å²) in [5, 5.41) is 0.204. The molecule has 1 saturated heterocycles. The van der Waals surface area contributed by atoms with Gasteiger partial charge in [-0.05, 0) is 44.1 Å². The SMILES string of the molecule is CCN1CCCC1CN(C)S(=O)(=O)c1cc(N)ccc1Cl. The van der Waals surface area contributed by atoms with E-state index in [4.69, 9.17) is 17.3 Å². The van der Waals surface area contributed by atoms with E-state index in [2.05, 4.69) is 11.8 Å². The Kier molecular flexibility index (Phi) is 5.14. The summed E-state index contributed by atoms with van der Waals surface area (Å²) in [5.41, 5.74) is 6.07. The van der Waals surface area contributed by atoms with Crippen LogP contribution >= 0.6 is 11.6 Å². The molecule has 1 heterocycles. The number of anilines is 1. The van der Waals surface area contributed by atoms with E-state index in [1.54, 1.807) is 13.1 Å². The molecule has 7 heteroatoms. The number of nitrogen functional groups attached to an aromatic ring is 1. The highest BCUT2D eigenvalue weighted by molar-refractivity contribution is 7.89. The molecular formula is C14H22ClN3O2S.